The zero-order chi connectivity index (χ0) is 26.5. The zero-order valence-electron chi connectivity index (χ0n) is 21.0. The van der Waals surface area contributed by atoms with Crippen molar-refractivity contribution in [1.82, 2.24) is 20.3 Å². The van der Waals surface area contributed by atoms with Crippen LogP contribution in [0.25, 0.3) is 22.2 Å². The lowest BCUT2D eigenvalue weighted by Gasteiger charge is -2.32. The van der Waals surface area contributed by atoms with E-state index >= 15 is 0 Å². The van der Waals surface area contributed by atoms with Gasteiger partial charge in [0.1, 0.15) is 5.75 Å². The number of nitrogens with zero attached hydrogens (tertiary/aromatic N) is 3. The van der Waals surface area contributed by atoms with Crippen LogP contribution in [0.3, 0.4) is 0 Å². The highest BCUT2D eigenvalue weighted by Crippen LogP contribution is 2.34. The fraction of sp³-hybridized carbons (Fsp3) is 0.214. The number of carbonyl (C=O) groups is 1. The molecule has 2 aromatic heterocycles. The van der Waals surface area contributed by atoms with E-state index in [-0.39, 0.29) is 18.1 Å². The number of carbonyl (C=O) groups excluding carboxylic acids is 1. The quantitative estimate of drug-likeness (QED) is 0.262. The number of nitrogens with two attached hydrogens (primary N) is 1. The molecule has 1 aliphatic rings. The Morgan fingerprint density at radius 2 is 2.16 bits per heavy atom. The van der Waals surface area contributed by atoms with Gasteiger partial charge >= 0.3 is 0 Å². The van der Waals surface area contributed by atoms with Crippen LogP contribution >= 0.6 is 0 Å². The minimum atomic E-state index is -0.293. The summed E-state index contributed by atoms with van der Waals surface area (Å²) in [6.07, 6.45) is 4.46. The molecule has 5 N–H and O–H groups in total. The highest BCUT2D eigenvalue weighted by molar-refractivity contribution is 5.99. The van der Waals surface area contributed by atoms with Gasteiger partial charge in [0.15, 0.2) is 0 Å². The van der Waals surface area contributed by atoms with Crippen molar-refractivity contribution in [3.8, 4) is 17.0 Å². The minimum absolute atomic E-state index is 0.0340. The predicted octanol–water partition coefficient (Wildman–Crippen LogP) is 3.56. The average Bonchev–Trinajstić information content (AvgIpc) is 2.97. The lowest BCUT2D eigenvalue weighted by Crippen LogP contribution is -2.47. The molecular formula is C28H29N7O3. The smallest absolute Gasteiger partial charge is 0.247 e. The van der Waals surface area contributed by atoms with Crippen molar-refractivity contribution in [2.45, 2.75) is 12.1 Å². The van der Waals surface area contributed by atoms with Crippen LogP contribution in [0.2, 0.25) is 0 Å². The number of para-hydroxylation sites is 1. The molecule has 5 rings (SSSR count). The molecule has 194 valence electrons. The Morgan fingerprint density at radius 3 is 2.97 bits per heavy atom. The molecule has 0 aliphatic carbocycles. The lowest BCUT2D eigenvalue weighted by molar-refractivity contribution is -0.111. The summed E-state index contributed by atoms with van der Waals surface area (Å²) >= 11 is 0. The Hall–Kier alpha value is -4.38. The summed E-state index contributed by atoms with van der Waals surface area (Å²) in [6, 6.07) is 15.2. The Morgan fingerprint density at radius 1 is 1.26 bits per heavy atom. The van der Waals surface area contributed by atoms with Gasteiger partial charge in [-0.15, -0.1) is 0 Å². The van der Waals surface area contributed by atoms with Gasteiger partial charge in [-0.25, -0.2) is 9.97 Å². The number of pyridine rings is 1. The maximum Gasteiger partial charge on any atom is 0.247 e. The molecule has 0 spiro atoms. The van der Waals surface area contributed by atoms with E-state index in [1.165, 1.54) is 6.08 Å². The van der Waals surface area contributed by atoms with Crippen LogP contribution < -0.4 is 26.4 Å². The summed E-state index contributed by atoms with van der Waals surface area (Å²) in [5.74, 6) is 0.748. The second-order valence-electron chi connectivity index (χ2n) is 8.73. The second kappa shape index (κ2) is 11.3. The normalized spacial score (nSPS) is 17.1. The first kappa shape index (κ1) is 25.3. The molecule has 2 aromatic carbocycles. The maximum absolute atomic E-state index is 11.7. The van der Waals surface area contributed by atoms with Gasteiger partial charge in [-0.2, -0.15) is 0 Å². The van der Waals surface area contributed by atoms with Crippen molar-refractivity contribution in [3.05, 3.63) is 79.1 Å². The topological polar surface area (TPSA) is 136 Å². The Bertz CT molecular complexity index is 1480. The second-order valence-corrected chi connectivity index (χ2v) is 8.73. The highest BCUT2D eigenvalue weighted by atomic mass is 16.5. The third-order valence-corrected chi connectivity index (χ3v) is 6.33. The number of methoxy groups -OCH3 is 1. The molecule has 1 aliphatic heterocycles. The van der Waals surface area contributed by atoms with Crippen LogP contribution in [-0.4, -0.2) is 53.7 Å². The summed E-state index contributed by atoms with van der Waals surface area (Å²) in [7, 11) is 1.62. The van der Waals surface area contributed by atoms with E-state index in [1.807, 2.05) is 36.4 Å². The Balaban J connectivity index is 1.46. The summed E-state index contributed by atoms with van der Waals surface area (Å²) < 4.78 is 11.7. The van der Waals surface area contributed by atoms with Crippen molar-refractivity contribution in [2.75, 3.05) is 37.4 Å². The van der Waals surface area contributed by atoms with Crippen LogP contribution in [0.15, 0.2) is 73.6 Å². The number of morpholine rings is 1. The maximum atomic E-state index is 11.7. The van der Waals surface area contributed by atoms with Gasteiger partial charge in [0, 0.05) is 48.2 Å². The molecular weight excluding hydrogens is 482 g/mol. The number of nitrogens with one attached hydrogen (secondary N) is 3. The third-order valence-electron chi connectivity index (χ3n) is 6.33. The van der Waals surface area contributed by atoms with E-state index in [1.54, 1.807) is 31.6 Å². The van der Waals surface area contributed by atoms with E-state index in [4.69, 9.17) is 20.2 Å². The van der Waals surface area contributed by atoms with Gasteiger partial charge in [-0.1, -0.05) is 30.8 Å². The van der Waals surface area contributed by atoms with Crippen molar-refractivity contribution in [1.29, 1.82) is 0 Å². The molecule has 1 saturated heterocycles. The molecule has 1 fully saturated rings. The number of amides is 1. The van der Waals surface area contributed by atoms with Crippen molar-refractivity contribution in [2.24, 2.45) is 5.73 Å². The number of aromatic nitrogens is 3. The molecule has 4 aromatic rings. The molecule has 1 amide bonds. The highest BCUT2D eigenvalue weighted by Gasteiger charge is 2.26. The first-order valence-electron chi connectivity index (χ1n) is 12.2. The van der Waals surface area contributed by atoms with Gasteiger partial charge in [0.25, 0.3) is 0 Å². The molecule has 3 heterocycles. The SMILES string of the molecule is C=CC(=O)Nc1ccnc(-c2cccc3cnc(Nc4ccc([C@@H]5OCCNC5CN)cc4OC)nc23)c1. The number of hydrogen-bond acceptors (Lipinski definition) is 9. The number of rotatable bonds is 8. The van der Waals surface area contributed by atoms with Crippen LogP contribution in [0.4, 0.5) is 17.3 Å². The van der Waals surface area contributed by atoms with Crippen molar-refractivity contribution in [3.63, 3.8) is 0 Å². The summed E-state index contributed by atoms with van der Waals surface area (Å²) in [6.45, 7) is 5.36. The molecule has 38 heavy (non-hydrogen) atoms. The van der Waals surface area contributed by atoms with Gasteiger partial charge in [-0.05, 0) is 35.9 Å². The number of anilines is 3. The Kier molecular flexibility index (Phi) is 7.55. The lowest BCUT2D eigenvalue weighted by atomic mass is 10.00. The van der Waals surface area contributed by atoms with E-state index in [9.17, 15) is 4.79 Å². The first-order valence-corrected chi connectivity index (χ1v) is 12.2. The minimum Gasteiger partial charge on any atom is -0.495 e. The van der Waals surface area contributed by atoms with Crippen LogP contribution in [0.1, 0.15) is 11.7 Å². The van der Waals surface area contributed by atoms with Gasteiger partial charge < -0.3 is 31.2 Å². The monoisotopic (exact) mass is 511 g/mol. The van der Waals surface area contributed by atoms with Gasteiger partial charge in [0.05, 0.1) is 36.7 Å². The van der Waals surface area contributed by atoms with Crippen molar-refractivity contribution >= 4 is 34.1 Å². The van der Waals surface area contributed by atoms with Crippen molar-refractivity contribution < 1.29 is 14.3 Å². The van der Waals surface area contributed by atoms with E-state index < -0.39 is 0 Å². The molecule has 10 nitrogen and oxygen atoms in total. The zero-order valence-corrected chi connectivity index (χ0v) is 21.0. The van der Waals surface area contributed by atoms with Crippen LogP contribution in [0, 0.1) is 0 Å². The van der Waals surface area contributed by atoms with Gasteiger partial charge in [0.2, 0.25) is 11.9 Å². The largest absolute Gasteiger partial charge is 0.495 e. The molecule has 0 radical (unpaired) electrons. The number of hydrogen-bond donors (Lipinski definition) is 4. The summed E-state index contributed by atoms with van der Waals surface area (Å²) in [4.78, 5) is 25.5. The molecule has 10 heteroatoms. The van der Waals surface area contributed by atoms with Crippen LogP contribution in [-0.2, 0) is 9.53 Å². The first-order chi connectivity index (χ1) is 18.6. The molecule has 2 atom stereocenters. The Labute approximate surface area is 220 Å². The molecule has 0 bridgehead atoms. The van der Waals surface area contributed by atoms with E-state index in [2.05, 4.69) is 32.5 Å². The van der Waals surface area contributed by atoms with Crippen LogP contribution in [0.5, 0.6) is 5.75 Å². The van der Waals surface area contributed by atoms with E-state index in [0.29, 0.717) is 47.4 Å². The number of fused-ring (bicyclic) bond motifs is 1. The average molecular weight is 512 g/mol. The third kappa shape index (κ3) is 5.32. The van der Waals surface area contributed by atoms with E-state index in [0.717, 1.165) is 23.1 Å². The molecule has 0 saturated carbocycles. The standard InChI is InChI=1S/C28H29N7O3/c1-3-25(36)33-19-9-10-30-22(14-19)20-6-4-5-18-16-32-28(35-26(18)20)34-21-8-7-17(13-24(21)37-2)27-23(15-29)31-11-12-38-27/h3-10,13-14,16,23,27,31H,1,11-12,15,29H2,2H3,(H,30,33,36)(H,32,34,35)/t23?,27-/m0/s1. The van der Waals surface area contributed by atoms with Gasteiger partial charge in [-0.3, -0.25) is 9.78 Å². The fourth-order valence-electron chi connectivity index (χ4n) is 4.47. The number of ether oxygens (including phenoxy) is 2. The molecule has 1 unspecified atom stereocenters. The fourth-order valence-corrected chi connectivity index (χ4v) is 4.47. The summed E-state index contributed by atoms with van der Waals surface area (Å²) in [5.41, 5.74) is 10.4. The predicted molar refractivity (Wildman–Crippen MR) is 147 cm³/mol. The number of benzene rings is 2. The summed E-state index contributed by atoms with van der Waals surface area (Å²) in [5, 5.41) is 10.3.